The zero-order valence-electron chi connectivity index (χ0n) is 11.7. The Balaban J connectivity index is 2.00. The van der Waals surface area contributed by atoms with Gasteiger partial charge in [0.1, 0.15) is 0 Å². The van der Waals surface area contributed by atoms with Crippen LogP contribution in [0.15, 0.2) is 0 Å². The average molecular weight is 296 g/mol. The van der Waals surface area contributed by atoms with Crippen molar-refractivity contribution in [2.24, 2.45) is 11.6 Å². The minimum absolute atomic E-state index is 0.281. The van der Waals surface area contributed by atoms with Gasteiger partial charge in [-0.15, -0.1) is 0 Å². The predicted molar refractivity (Wildman–Crippen MR) is 77.6 cm³/mol. The van der Waals surface area contributed by atoms with Gasteiger partial charge in [-0.25, -0.2) is 5.84 Å². The summed E-state index contributed by atoms with van der Waals surface area (Å²) in [6.45, 7) is 3.25. The summed E-state index contributed by atoms with van der Waals surface area (Å²) in [5.41, 5.74) is 7.51. The highest BCUT2D eigenvalue weighted by molar-refractivity contribution is 5.73. The molecule has 1 aliphatic heterocycles. The lowest BCUT2D eigenvalue weighted by Gasteiger charge is -2.27. The number of amides is 1. The second-order valence-electron chi connectivity index (χ2n) is 4.52. The lowest BCUT2D eigenvalue weighted by atomic mass is 10.3. The molecule has 1 saturated heterocycles. The van der Waals surface area contributed by atoms with Gasteiger partial charge in [0.15, 0.2) is 0 Å². The molecular formula is C11H20N8O2. The fourth-order valence-electron chi connectivity index (χ4n) is 1.88. The Bertz CT molecular complexity index is 477. The summed E-state index contributed by atoms with van der Waals surface area (Å²) in [5.74, 6) is 6.28. The Morgan fingerprint density at radius 1 is 1.24 bits per heavy atom. The maximum atomic E-state index is 10.7. The van der Waals surface area contributed by atoms with Crippen LogP contribution in [0.25, 0.3) is 0 Å². The number of primary amides is 1. The number of nitrogens with one attached hydrogen (secondary N) is 2. The normalized spacial score (nSPS) is 14.8. The molecule has 0 unspecified atom stereocenters. The summed E-state index contributed by atoms with van der Waals surface area (Å²) in [6.07, 6.45) is 0.926. The van der Waals surface area contributed by atoms with Crippen LogP contribution in [0, 0.1) is 0 Å². The van der Waals surface area contributed by atoms with Crippen LogP contribution in [0.4, 0.5) is 17.8 Å². The van der Waals surface area contributed by atoms with E-state index in [2.05, 4.69) is 25.7 Å². The molecule has 0 aliphatic carbocycles. The molecule has 10 nitrogen and oxygen atoms in total. The van der Waals surface area contributed by atoms with E-state index < -0.39 is 0 Å². The van der Waals surface area contributed by atoms with Crippen LogP contribution in [-0.4, -0.2) is 53.7 Å². The molecular weight excluding hydrogens is 276 g/mol. The molecule has 2 rings (SSSR count). The van der Waals surface area contributed by atoms with Crippen LogP contribution in [0.5, 0.6) is 0 Å². The van der Waals surface area contributed by atoms with Gasteiger partial charge in [0.05, 0.1) is 13.2 Å². The van der Waals surface area contributed by atoms with Gasteiger partial charge in [-0.3, -0.25) is 10.2 Å². The molecule has 1 aromatic heterocycles. The Morgan fingerprint density at radius 3 is 2.62 bits per heavy atom. The fraction of sp³-hybridized carbons (Fsp3) is 0.636. The highest BCUT2D eigenvalue weighted by Crippen LogP contribution is 2.14. The van der Waals surface area contributed by atoms with Gasteiger partial charge >= 0.3 is 0 Å². The molecule has 0 atom stereocenters. The lowest BCUT2D eigenvalue weighted by molar-refractivity contribution is -0.118. The van der Waals surface area contributed by atoms with Crippen molar-refractivity contribution in [3.63, 3.8) is 0 Å². The van der Waals surface area contributed by atoms with Gasteiger partial charge in [0.25, 0.3) is 0 Å². The van der Waals surface area contributed by atoms with Crippen LogP contribution >= 0.6 is 0 Å². The van der Waals surface area contributed by atoms with Crippen LogP contribution in [-0.2, 0) is 9.53 Å². The Hall–Kier alpha value is -2.20. The summed E-state index contributed by atoms with van der Waals surface area (Å²) in [4.78, 5) is 25.4. The largest absolute Gasteiger partial charge is 0.378 e. The number of nitrogens with zero attached hydrogens (tertiary/aromatic N) is 4. The molecule has 1 aliphatic rings. The van der Waals surface area contributed by atoms with Gasteiger partial charge in [-0.05, 0) is 6.42 Å². The highest BCUT2D eigenvalue weighted by atomic mass is 16.5. The van der Waals surface area contributed by atoms with E-state index in [-0.39, 0.29) is 11.9 Å². The monoisotopic (exact) mass is 296 g/mol. The first-order valence-corrected chi connectivity index (χ1v) is 6.76. The lowest BCUT2D eigenvalue weighted by Crippen LogP contribution is -2.37. The zero-order valence-corrected chi connectivity index (χ0v) is 11.7. The molecule has 10 heteroatoms. The third-order valence-electron chi connectivity index (χ3n) is 2.93. The third kappa shape index (κ3) is 4.68. The number of nitrogen functional groups attached to an aromatic ring is 1. The van der Waals surface area contributed by atoms with Crippen molar-refractivity contribution in [2.75, 3.05) is 48.5 Å². The molecule has 1 amide bonds. The first-order chi connectivity index (χ1) is 10.2. The van der Waals surface area contributed by atoms with Crippen LogP contribution in [0.1, 0.15) is 12.8 Å². The van der Waals surface area contributed by atoms with Gasteiger partial charge in [0, 0.05) is 26.1 Å². The number of hydrogen-bond acceptors (Lipinski definition) is 9. The molecule has 6 N–H and O–H groups in total. The molecule has 0 aromatic carbocycles. The molecule has 1 fully saturated rings. The number of morpholine rings is 1. The van der Waals surface area contributed by atoms with Crippen LogP contribution < -0.4 is 27.2 Å². The molecule has 0 bridgehead atoms. The molecule has 116 valence electrons. The number of anilines is 3. The van der Waals surface area contributed by atoms with Crippen LogP contribution in [0.3, 0.4) is 0 Å². The van der Waals surface area contributed by atoms with Gasteiger partial charge in [-0.1, -0.05) is 0 Å². The van der Waals surface area contributed by atoms with E-state index in [1.165, 1.54) is 0 Å². The number of hydrogen-bond donors (Lipinski definition) is 4. The first kappa shape index (κ1) is 15.2. The van der Waals surface area contributed by atoms with E-state index in [9.17, 15) is 4.79 Å². The molecule has 0 radical (unpaired) electrons. The van der Waals surface area contributed by atoms with E-state index >= 15 is 0 Å². The number of carbonyl (C=O) groups excluding carboxylic acids is 1. The van der Waals surface area contributed by atoms with E-state index in [1.807, 2.05) is 4.90 Å². The number of hydrazine groups is 1. The second-order valence-corrected chi connectivity index (χ2v) is 4.52. The first-order valence-electron chi connectivity index (χ1n) is 6.76. The van der Waals surface area contributed by atoms with E-state index in [1.54, 1.807) is 0 Å². The maximum absolute atomic E-state index is 10.7. The molecule has 0 spiro atoms. The maximum Gasteiger partial charge on any atom is 0.243 e. The van der Waals surface area contributed by atoms with E-state index in [4.69, 9.17) is 16.3 Å². The van der Waals surface area contributed by atoms with Crippen LogP contribution in [0.2, 0.25) is 0 Å². The summed E-state index contributed by atoms with van der Waals surface area (Å²) in [7, 11) is 0. The number of carbonyl (C=O) groups is 1. The van der Waals surface area contributed by atoms with Gasteiger partial charge in [-0.2, -0.15) is 15.0 Å². The molecule has 21 heavy (non-hydrogen) atoms. The predicted octanol–water partition coefficient (Wildman–Crippen LogP) is -1.33. The Labute approximate surface area is 122 Å². The number of ether oxygens (including phenoxy) is 1. The number of aromatic nitrogens is 3. The minimum atomic E-state index is -0.328. The summed E-state index contributed by atoms with van der Waals surface area (Å²) < 4.78 is 5.30. The molecule has 1 aromatic rings. The average Bonchev–Trinajstić information content (AvgIpc) is 2.52. The second kappa shape index (κ2) is 7.55. The quantitative estimate of drug-likeness (QED) is 0.273. The number of nitrogens with two attached hydrogens (primary N) is 2. The van der Waals surface area contributed by atoms with Crippen molar-refractivity contribution in [3.05, 3.63) is 0 Å². The minimum Gasteiger partial charge on any atom is -0.378 e. The Morgan fingerprint density at radius 2 is 1.95 bits per heavy atom. The fourth-order valence-corrected chi connectivity index (χ4v) is 1.88. The molecule has 2 heterocycles. The summed E-state index contributed by atoms with van der Waals surface area (Å²) in [6, 6.07) is 0. The van der Waals surface area contributed by atoms with E-state index in [0.29, 0.717) is 44.5 Å². The number of rotatable bonds is 7. The third-order valence-corrected chi connectivity index (χ3v) is 2.93. The van der Waals surface area contributed by atoms with Crippen molar-refractivity contribution in [3.8, 4) is 0 Å². The summed E-state index contributed by atoms with van der Waals surface area (Å²) in [5, 5.41) is 3.03. The van der Waals surface area contributed by atoms with Crippen molar-refractivity contribution < 1.29 is 9.53 Å². The zero-order chi connectivity index (χ0) is 15.1. The van der Waals surface area contributed by atoms with Crippen molar-refractivity contribution in [2.45, 2.75) is 12.8 Å². The van der Waals surface area contributed by atoms with Crippen molar-refractivity contribution >= 4 is 23.8 Å². The smallest absolute Gasteiger partial charge is 0.243 e. The molecule has 0 saturated carbocycles. The van der Waals surface area contributed by atoms with Gasteiger partial charge in [0.2, 0.25) is 23.8 Å². The van der Waals surface area contributed by atoms with Crippen molar-refractivity contribution in [1.29, 1.82) is 0 Å². The Kier molecular flexibility index (Phi) is 5.46. The summed E-state index contributed by atoms with van der Waals surface area (Å²) >= 11 is 0. The van der Waals surface area contributed by atoms with E-state index in [0.717, 1.165) is 13.1 Å². The van der Waals surface area contributed by atoms with Gasteiger partial charge < -0.3 is 20.7 Å². The SMILES string of the molecule is NNc1nc(NCCCC(N)=O)nc(N2CCOCC2)n1. The van der Waals surface area contributed by atoms with Crippen molar-refractivity contribution in [1.82, 2.24) is 15.0 Å². The topological polar surface area (TPSA) is 144 Å². The standard InChI is InChI=1S/C11H20N8O2/c12-8(20)2-1-3-14-9-15-10(18-13)17-11(16-9)19-4-6-21-7-5-19/h1-7,13H2,(H2,12,20)(H2,14,15,16,17,18). The highest BCUT2D eigenvalue weighted by Gasteiger charge is 2.16.